The van der Waals surface area contributed by atoms with Gasteiger partial charge in [-0.05, 0) is 61.4 Å². The van der Waals surface area contributed by atoms with Crippen LogP contribution >= 0.6 is 0 Å². The second-order valence-electron chi connectivity index (χ2n) is 10.5. The summed E-state index contributed by atoms with van der Waals surface area (Å²) in [6.45, 7) is 3.56. The molecule has 0 aromatic heterocycles. The van der Waals surface area contributed by atoms with Crippen molar-refractivity contribution in [3.63, 3.8) is 0 Å². The molecule has 2 aromatic carbocycles. The predicted octanol–water partition coefficient (Wildman–Crippen LogP) is 7.23. The predicted molar refractivity (Wildman–Crippen MR) is 144 cm³/mol. The van der Waals surface area contributed by atoms with Crippen molar-refractivity contribution >= 4 is 10.8 Å². The topological polar surface area (TPSA) is 76.0 Å². The molecular weight excluding hydrogens is 555 g/mol. The molecular formula is C29H37F5O5S. The Morgan fingerprint density at radius 1 is 0.925 bits per heavy atom. The molecule has 0 aliphatic carbocycles. The Labute approximate surface area is 234 Å². The second kappa shape index (κ2) is 14.0. The van der Waals surface area contributed by atoms with Gasteiger partial charge < -0.3 is 19.7 Å². The summed E-state index contributed by atoms with van der Waals surface area (Å²) >= 11 is 0. The highest BCUT2D eigenvalue weighted by Crippen LogP contribution is 2.49. The molecule has 0 amide bonds. The molecule has 1 aliphatic heterocycles. The molecule has 0 bridgehead atoms. The van der Waals surface area contributed by atoms with Gasteiger partial charge in [0.2, 0.25) is 0 Å². The van der Waals surface area contributed by atoms with Gasteiger partial charge in [0.05, 0.1) is 6.61 Å². The van der Waals surface area contributed by atoms with Crippen molar-refractivity contribution in [3.8, 4) is 17.2 Å². The van der Waals surface area contributed by atoms with Crippen LogP contribution in [-0.2, 0) is 21.0 Å². The van der Waals surface area contributed by atoms with Crippen LogP contribution in [0, 0.1) is 0 Å². The van der Waals surface area contributed by atoms with Gasteiger partial charge in [-0.1, -0.05) is 31.5 Å². The van der Waals surface area contributed by atoms with Crippen LogP contribution in [0.5, 0.6) is 17.2 Å². The van der Waals surface area contributed by atoms with Gasteiger partial charge in [-0.25, -0.2) is 0 Å². The Hall–Kier alpha value is -2.40. The largest absolute Gasteiger partial charge is 0.508 e. The third-order valence-electron chi connectivity index (χ3n) is 7.42. The lowest BCUT2D eigenvalue weighted by Gasteiger charge is -2.43. The molecule has 3 rings (SSSR count). The van der Waals surface area contributed by atoms with Crippen molar-refractivity contribution < 1.29 is 45.8 Å². The van der Waals surface area contributed by atoms with E-state index in [0.29, 0.717) is 38.4 Å². The summed E-state index contributed by atoms with van der Waals surface area (Å²) in [7, 11) is -1.44. The van der Waals surface area contributed by atoms with E-state index in [1.54, 1.807) is 24.3 Å². The normalized spacial score (nSPS) is 20.1. The highest BCUT2D eigenvalue weighted by atomic mass is 32.2. The summed E-state index contributed by atoms with van der Waals surface area (Å²) in [4.78, 5) is 0. The van der Waals surface area contributed by atoms with Crippen LogP contribution in [0.2, 0.25) is 0 Å². The Balaban J connectivity index is 1.38. The average molecular weight is 593 g/mol. The zero-order valence-electron chi connectivity index (χ0n) is 22.5. The van der Waals surface area contributed by atoms with E-state index in [2.05, 4.69) is 6.92 Å². The Morgan fingerprint density at radius 3 is 2.23 bits per heavy atom. The third-order valence-corrected chi connectivity index (χ3v) is 8.90. The third kappa shape index (κ3) is 8.55. The molecule has 1 heterocycles. The van der Waals surface area contributed by atoms with Gasteiger partial charge in [-0.15, -0.1) is 0 Å². The highest BCUT2D eigenvalue weighted by Gasteiger charge is 2.56. The molecule has 0 saturated heterocycles. The van der Waals surface area contributed by atoms with Crippen LogP contribution < -0.4 is 4.74 Å². The van der Waals surface area contributed by atoms with Gasteiger partial charge in [0, 0.05) is 59.3 Å². The molecule has 0 spiro atoms. The average Bonchev–Trinajstić information content (AvgIpc) is 2.88. The maximum atomic E-state index is 12.9. The summed E-state index contributed by atoms with van der Waals surface area (Å²) < 4.78 is 86.0. The van der Waals surface area contributed by atoms with Gasteiger partial charge in [0.1, 0.15) is 17.2 Å². The molecule has 0 radical (unpaired) electrons. The highest BCUT2D eigenvalue weighted by molar-refractivity contribution is 7.84. The smallest absolute Gasteiger partial charge is 0.453 e. The van der Waals surface area contributed by atoms with Gasteiger partial charge in [-0.2, -0.15) is 22.0 Å². The summed E-state index contributed by atoms with van der Waals surface area (Å²) in [5, 5.41) is 19.6. The van der Waals surface area contributed by atoms with E-state index >= 15 is 0 Å². The number of halogens is 5. The minimum Gasteiger partial charge on any atom is -0.508 e. The molecule has 11 heteroatoms. The van der Waals surface area contributed by atoms with Crippen molar-refractivity contribution in [3.05, 3.63) is 53.6 Å². The molecule has 0 saturated carbocycles. The van der Waals surface area contributed by atoms with Crippen molar-refractivity contribution in [2.24, 2.45) is 0 Å². The van der Waals surface area contributed by atoms with E-state index in [4.69, 9.17) is 9.47 Å². The van der Waals surface area contributed by atoms with Crippen LogP contribution in [-0.4, -0.2) is 57.8 Å². The zero-order chi connectivity index (χ0) is 29.4. The first kappa shape index (κ1) is 32.1. The Kier molecular flexibility index (Phi) is 11.2. The minimum atomic E-state index is -5.57. The van der Waals surface area contributed by atoms with E-state index < -0.39 is 35.7 Å². The first-order chi connectivity index (χ1) is 18.8. The van der Waals surface area contributed by atoms with Crippen molar-refractivity contribution in [1.29, 1.82) is 0 Å². The lowest BCUT2D eigenvalue weighted by atomic mass is 9.66. The molecule has 1 unspecified atom stereocenters. The maximum absolute atomic E-state index is 12.9. The van der Waals surface area contributed by atoms with E-state index in [9.17, 15) is 36.4 Å². The minimum absolute atomic E-state index is 0.118. The molecule has 2 aromatic rings. The summed E-state index contributed by atoms with van der Waals surface area (Å²) in [5.74, 6) is -3.55. The quantitative estimate of drug-likeness (QED) is 0.169. The van der Waals surface area contributed by atoms with E-state index in [1.807, 2.05) is 18.2 Å². The number of hydrogen-bond acceptors (Lipinski definition) is 5. The van der Waals surface area contributed by atoms with Gasteiger partial charge >= 0.3 is 12.1 Å². The number of phenols is 2. The van der Waals surface area contributed by atoms with E-state index in [-0.39, 0.29) is 34.3 Å². The van der Waals surface area contributed by atoms with Gasteiger partial charge in [-0.3, -0.25) is 4.21 Å². The first-order valence-corrected chi connectivity index (χ1v) is 14.9. The van der Waals surface area contributed by atoms with Crippen LogP contribution in [0.15, 0.2) is 42.5 Å². The molecule has 40 heavy (non-hydrogen) atoms. The van der Waals surface area contributed by atoms with Crippen molar-refractivity contribution in [2.45, 2.75) is 75.3 Å². The Bertz CT molecular complexity index is 1110. The fourth-order valence-corrected chi connectivity index (χ4v) is 6.23. The zero-order valence-corrected chi connectivity index (χ0v) is 23.3. The van der Waals surface area contributed by atoms with E-state index in [0.717, 1.165) is 30.4 Å². The number of unbranched alkanes of at least 4 members (excludes halogenated alkanes) is 2. The molecule has 2 N–H and O–H groups in total. The number of ether oxygens (including phenoxy) is 2. The monoisotopic (exact) mass is 592 g/mol. The lowest BCUT2D eigenvalue weighted by Crippen LogP contribution is -2.40. The number of hydrogen-bond donors (Lipinski definition) is 2. The lowest BCUT2D eigenvalue weighted by molar-refractivity contribution is -0.284. The number of fused-ring (bicyclic) bond motifs is 1. The van der Waals surface area contributed by atoms with Crippen LogP contribution in [0.1, 0.15) is 68.9 Å². The molecule has 3 atom stereocenters. The fourth-order valence-electron chi connectivity index (χ4n) is 5.03. The number of rotatable bonds is 15. The SMILES string of the molecule is C[C@]1(c2ccc(O)cc2)COc2cc(O)ccc2[C@H]1CCCCOCCCCS(=O)CCCC(F)(F)C(F)(F)F. The number of phenolic OH excluding ortho intramolecular Hbond substituents is 2. The van der Waals surface area contributed by atoms with Crippen molar-refractivity contribution in [2.75, 3.05) is 31.3 Å². The van der Waals surface area contributed by atoms with Gasteiger partial charge in [0.25, 0.3) is 0 Å². The van der Waals surface area contributed by atoms with Crippen molar-refractivity contribution in [1.82, 2.24) is 0 Å². The van der Waals surface area contributed by atoms with Crippen LogP contribution in [0.4, 0.5) is 22.0 Å². The molecule has 5 nitrogen and oxygen atoms in total. The number of alkyl halides is 5. The van der Waals surface area contributed by atoms with Crippen LogP contribution in [0.3, 0.4) is 0 Å². The molecule has 1 aliphatic rings. The standard InChI is InChI=1S/C29H37F5O5S/c1-27(21-8-10-22(35)11-9-21)20-39-26-19-23(36)12-13-24(26)25(27)7-2-3-15-38-16-4-5-17-40(37)18-6-14-28(30,31)29(32,33)34/h8-13,19,25,35-36H,2-7,14-18,20H2,1H3/t25-,27-,40?/m1/s1. The molecule has 0 fully saturated rings. The van der Waals surface area contributed by atoms with Crippen LogP contribution in [0.25, 0.3) is 0 Å². The first-order valence-electron chi connectivity index (χ1n) is 13.5. The fraction of sp³-hybridized carbons (Fsp3) is 0.586. The van der Waals surface area contributed by atoms with Gasteiger partial charge in [0.15, 0.2) is 0 Å². The summed E-state index contributed by atoms with van der Waals surface area (Å²) in [6.07, 6.45) is -3.65. The number of benzene rings is 2. The van der Waals surface area contributed by atoms with E-state index in [1.165, 1.54) is 0 Å². The maximum Gasteiger partial charge on any atom is 0.453 e. The Morgan fingerprint density at radius 2 is 1.55 bits per heavy atom. The second-order valence-corrected chi connectivity index (χ2v) is 12.2. The molecule has 224 valence electrons. The number of aromatic hydroxyl groups is 2. The summed E-state index contributed by atoms with van der Waals surface area (Å²) in [6, 6.07) is 12.3. The summed E-state index contributed by atoms with van der Waals surface area (Å²) in [5.41, 5.74) is 1.74.